The molecule has 2 nitrogen and oxygen atoms in total. The fraction of sp³-hybridized carbons (Fsp3) is 0.0588. The molecule has 0 saturated heterocycles. The summed E-state index contributed by atoms with van der Waals surface area (Å²) in [6.07, 6.45) is 3.09. The zero-order valence-electron chi connectivity index (χ0n) is 10.7. The Hall–Kier alpha value is -2.00. The zero-order chi connectivity index (χ0) is 13.7. The van der Waals surface area contributed by atoms with Gasteiger partial charge in [-0.15, -0.1) is 0 Å². The van der Waals surface area contributed by atoms with Crippen molar-refractivity contribution in [1.82, 2.24) is 4.98 Å². The minimum atomic E-state index is 0.244. The Morgan fingerprint density at radius 1 is 1.10 bits per heavy atom. The number of allylic oxidation sites excluding steroid dienone is 1. The van der Waals surface area contributed by atoms with Crippen LogP contribution >= 0.6 is 15.9 Å². The highest BCUT2D eigenvalue weighted by atomic mass is 79.9. The van der Waals surface area contributed by atoms with Crippen molar-refractivity contribution < 1.29 is 5.11 Å². The number of aromatic amines is 1. The molecule has 20 heavy (non-hydrogen) atoms. The molecule has 0 saturated carbocycles. The normalized spacial score (nSPS) is 13.6. The molecule has 1 heterocycles. The van der Waals surface area contributed by atoms with Crippen molar-refractivity contribution in [3.63, 3.8) is 0 Å². The van der Waals surface area contributed by atoms with Gasteiger partial charge in [-0.1, -0.05) is 46.3 Å². The molecule has 0 aliphatic heterocycles. The number of aromatic hydroxyl groups is 1. The first-order chi connectivity index (χ1) is 9.74. The lowest BCUT2D eigenvalue weighted by Crippen LogP contribution is -1.86. The van der Waals surface area contributed by atoms with E-state index in [1.165, 1.54) is 11.1 Å². The molecule has 1 aromatic heterocycles. The smallest absolute Gasteiger partial charge is 0.197 e. The van der Waals surface area contributed by atoms with Crippen LogP contribution < -0.4 is 0 Å². The van der Waals surface area contributed by atoms with Gasteiger partial charge in [0.1, 0.15) is 0 Å². The highest BCUT2D eigenvalue weighted by Gasteiger charge is 2.21. The van der Waals surface area contributed by atoms with Crippen molar-refractivity contribution in [1.29, 1.82) is 0 Å². The largest absolute Gasteiger partial charge is 0.494 e. The van der Waals surface area contributed by atoms with E-state index >= 15 is 0 Å². The van der Waals surface area contributed by atoms with Crippen LogP contribution in [0.4, 0.5) is 0 Å². The number of rotatable bonds is 1. The predicted octanol–water partition coefficient (Wildman–Crippen LogP) is 4.62. The second-order valence-corrected chi connectivity index (χ2v) is 5.93. The number of fused-ring (bicyclic) bond motifs is 2. The third kappa shape index (κ3) is 1.63. The first-order valence-corrected chi connectivity index (χ1v) is 7.32. The quantitative estimate of drug-likeness (QED) is 0.672. The van der Waals surface area contributed by atoms with Crippen LogP contribution in [-0.4, -0.2) is 10.1 Å². The number of para-hydroxylation sites is 1. The third-order valence-corrected chi connectivity index (χ3v) is 4.33. The maximum Gasteiger partial charge on any atom is 0.197 e. The lowest BCUT2D eigenvalue weighted by Gasteiger charge is -2.06. The van der Waals surface area contributed by atoms with Crippen LogP contribution in [0.5, 0.6) is 5.88 Å². The van der Waals surface area contributed by atoms with E-state index in [2.05, 4.69) is 39.1 Å². The van der Waals surface area contributed by atoms with Crippen LogP contribution in [0.3, 0.4) is 0 Å². The second-order valence-electron chi connectivity index (χ2n) is 5.02. The van der Waals surface area contributed by atoms with Crippen LogP contribution in [0.2, 0.25) is 0 Å². The summed E-state index contributed by atoms with van der Waals surface area (Å²) in [5.41, 5.74) is 5.47. The molecule has 3 aromatic rings. The summed E-state index contributed by atoms with van der Waals surface area (Å²) in [6, 6.07) is 14.3. The van der Waals surface area contributed by atoms with E-state index in [9.17, 15) is 5.11 Å². The number of halogens is 1. The standard InChI is InChI=1S/C17H12BrNO/c18-11-6-8-12-10(9-11)5-7-13(12)16-14-3-1-2-4-15(14)19-17(16)20/h1-4,6-9,19-20H,5H2. The summed E-state index contributed by atoms with van der Waals surface area (Å²) in [7, 11) is 0. The molecule has 1 aliphatic rings. The van der Waals surface area contributed by atoms with E-state index < -0.39 is 0 Å². The average molecular weight is 326 g/mol. The predicted molar refractivity (Wildman–Crippen MR) is 84.9 cm³/mol. The topological polar surface area (TPSA) is 36.0 Å². The number of nitrogens with one attached hydrogen (secondary N) is 1. The molecule has 0 atom stereocenters. The van der Waals surface area contributed by atoms with E-state index in [0.717, 1.165) is 32.9 Å². The molecule has 0 unspecified atom stereocenters. The van der Waals surface area contributed by atoms with Gasteiger partial charge in [-0.05, 0) is 41.3 Å². The van der Waals surface area contributed by atoms with E-state index in [0.29, 0.717) is 0 Å². The van der Waals surface area contributed by atoms with Gasteiger partial charge >= 0.3 is 0 Å². The molecule has 98 valence electrons. The number of H-pyrrole nitrogens is 1. The fourth-order valence-corrected chi connectivity index (χ4v) is 3.36. The van der Waals surface area contributed by atoms with E-state index in [1.807, 2.05) is 30.3 Å². The van der Waals surface area contributed by atoms with Gasteiger partial charge in [-0.2, -0.15) is 0 Å². The Morgan fingerprint density at radius 2 is 1.95 bits per heavy atom. The van der Waals surface area contributed by atoms with Crippen molar-refractivity contribution in [2.24, 2.45) is 0 Å². The van der Waals surface area contributed by atoms with Crippen molar-refractivity contribution in [2.45, 2.75) is 6.42 Å². The summed E-state index contributed by atoms with van der Waals surface area (Å²) in [6.45, 7) is 0. The van der Waals surface area contributed by atoms with Crippen molar-refractivity contribution in [2.75, 3.05) is 0 Å². The van der Waals surface area contributed by atoms with Crippen molar-refractivity contribution >= 4 is 32.4 Å². The maximum absolute atomic E-state index is 10.3. The number of aromatic nitrogens is 1. The molecule has 0 amide bonds. The number of benzene rings is 2. The Morgan fingerprint density at radius 3 is 2.85 bits per heavy atom. The molecule has 0 bridgehead atoms. The third-order valence-electron chi connectivity index (χ3n) is 3.84. The van der Waals surface area contributed by atoms with Crippen molar-refractivity contribution in [3.8, 4) is 5.88 Å². The van der Waals surface area contributed by atoms with Gasteiger partial charge in [-0.3, -0.25) is 0 Å². The fourth-order valence-electron chi connectivity index (χ4n) is 2.95. The molecule has 1 aliphatic carbocycles. The molecule has 3 heteroatoms. The minimum Gasteiger partial charge on any atom is -0.494 e. The minimum absolute atomic E-state index is 0.244. The van der Waals surface area contributed by atoms with Crippen LogP contribution in [0, 0.1) is 0 Å². The van der Waals surface area contributed by atoms with Gasteiger partial charge in [0.15, 0.2) is 5.88 Å². The molecular weight excluding hydrogens is 314 g/mol. The van der Waals surface area contributed by atoms with Gasteiger partial charge < -0.3 is 10.1 Å². The van der Waals surface area contributed by atoms with E-state index in [-0.39, 0.29) is 5.88 Å². The highest BCUT2D eigenvalue weighted by molar-refractivity contribution is 9.10. The summed E-state index contributed by atoms with van der Waals surface area (Å²) < 4.78 is 1.09. The van der Waals surface area contributed by atoms with Gasteiger partial charge in [0.05, 0.1) is 5.56 Å². The number of hydrogen-bond donors (Lipinski definition) is 2. The summed E-state index contributed by atoms with van der Waals surface area (Å²) in [5.74, 6) is 0.244. The molecule has 0 radical (unpaired) electrons. The average Bonchev–Trinajstić information content (AvgIpc) is 2.97. The van der Waals surface area contributed by atoms with Crippen LogP contribution in [0.15, 0.2) is 53.0 Å². The molecular formula is C17H12BrNO. The Balaban J connectivity index is 1.97. The summed E-state index contributed by atoms with van der Waals surface area (Å²) in [4.78, 5) is 3.05. The first kappa shape index (κ1) is 11.8. The highest BCUT2D eigenvalue weighted by Crippen LogP contribution is 2.41. The van der Waals surface area contributed by atoms with E-state index in [1.54, 1.807) is 0 Å². The lowest BCUT2D eigenvalue weighted by atomic mass is 9.98. The zero-order valence-corrected chi connectivity index (χ0v) is 12.2. The Kier molecular flexibility index (Phi) is 2.51. The monoisotopic (exact) mass is 325 g/mol. The molecule has 2 N–H and O–H groups in total. The number of hydrogen-bond acceptors (Lipinski definition) is 1. The van der Waals surface area contributed by atoms with Gasteiger partial charge in [0, 0.05) is 15.4 Å². The Bertz CT molecular complexity index is 861. The van der Waals surface area contributed by atoms with Gasteiger partial charge in [0.2, 0.25) is 0 Å². The van der Waals surface area contributed by atoms with Crippen LogP contribution in [-0.2, 0) is 6.42 Å². The SMILES string of the molecule is Oc1[nH]c2ccccc2c1C1=CCc2cc(Br)ccc21. The molecule has 4 rings (SSSR count). The van der Waals surface area contributed by atoms with Crippen LogP contribution in [0.1, 0.15) is 16.7 Å². The van der Waals surface area contributed by atoms with Gasteiger partial charge in [0.25, 0.3) is 0 Å². The van der Waals surface area contributed by atoms with Crippen LogP contribution in [0.25, 0.3) is 16.5 Å². The molecule has 0 spiro atoms. The lowest BCUT2D eigenvalue weighted by molar-refractivity contribution is 0.457. The molecule has 2 aromatic carbocycles. The molecule has 0 fully saturated rings. The first-order valence-electron chi connectivity index (χ1n) is 6.53. The van der Waals surface area contributed by atoms with E-state index in [4.69, 9.17) is 0 Å². The summed E-state index contributed by atoms with van der Waals surface area (Å²) >= 11 is 3.51. The second kappa shape index (κ2) is 4.25. The van der Waals surface area contributed by atoms with Crippen molar-refractivity contribution in [3.05, 3.63) is 69.7 Å². The van der Waals surface area contributed by atoms with Gasteiger partial charge in [-0.25, -0.2) is 0 Å². The maximum atomic E-state index is 10.3. The summed E-state index contributed by atoms with van der Waals surface area (Å²) in [5, 5.41) is 11.3. The Labute approximate surface area is 124 Å².